The molecule has 0 saturated carbocycles. The van der Waals surface area contributed by atoms with Gasteiger partial charge in [0, 0.05) is 6.07 Å². The second kappa shape index (κ2) is 7.22. The normalized spacial score (nSPS) is 17.7. The zero-order chi connectivity index (χ0) is 19.7. The van der Waals surface area contributed by atoms with Crippen LogP contribution >= 0.6 is 0 Å². The second-order valence-electron chi connectivity index (χ2n) is 5.92. The van der Waals surface area contributed by atoms with Crippen molar-refractivity contribution in [2.24, 2.45) is 0 Å². The molecule has 144 valence electrons. The Bertz CT molecular complexity index is 905. The van der Waals surface area contributed by atoms with Crippen LogP contribution in [-0.2, 0) is 9.53 Å². The lowest BCUT2D eigenvalue weighted by Gasteiger charge is -2.20. The Balaban J connectivity index is 2.24. The minimum atomic E-state index is -1.04. The average Bonchev–Trinajstić information content (AvgIpc) is 3.05. The summed E-state index contributed by atoms with van der Waals surface area (Å²) in [6.07, 6.45) is -1.04. The number of carbonyl (C=O) groups excluding carboxylic acids is 1. The summed E-state index contributed by atoms with van der Waals surface area (Å²) in [5, 5.41) is 0. The van der Waals surface area contributed by atoms with Crippen molar-refractivity contribution < 1.29 is 32.9 Å². The lowest BCUT2D eigenvalue weighted by Crippen LogP contribution is -2.31. The Kier molecular flexibility index (Phi) is 4.98. The van der Waals surface area contributed by atoms with E-state index in [1.165, 1.54) is 28.4 Å². The fraction of sp³-hybridized carbons (Fsp3) is 0.368. The van der Waals surface area contributed by atoms with E-state index in [1.54, 1.807) is 25.1 Å². The number of aryl methyl sites for hydroxylation is 1. The molecule has 0 aliphatic carbocycles. The van der Waals surface area contributed by atoms with Gasteiger partial charge in [-0.2, -0.15) is 0 Å². The number of hydrogen-bond donors (Lipinski definition) is 0. The molecule has 0 bridgehead atoms. The maximum Gasteiger partial charge on any atom is 0.348 e. The lowest BCUT2D eigenvalue weighted by molar-refractivity contribution is -0.148. The monoisotopic (exact) mass is 376 g/mol. The van der Waals surface area contributed by atoms with E-state index in [-0.39, 0.29) is 11.3 Å². The standard InChI is InChI=1S/C19H20O8/c1-9-6-11-15(18(20)26-9)14(17(27-11)19(21)25-5)10-7-12(22-2)16(24-4)13(8-10)23-3/h6-8,14,17H,1-5H3. The SMILES string of the molecule is COC(=O)C1Oc2cc(C)oc(=O)c2C1c1cc(OC)c(OC)c(OC)c1. The first-order chi connectivity index (χ1) is 12.9. The smallest absolute Gasteiger partial charge is 0.348 e. The highest BCUT2D eigenvalue weighted by atomic mass is 16.6. The number of hydrogen-bond acceptors (Lipinski definition) is 8. The Morgan fingerprint density at radius 1 is 1.00 bits per heavy atom. The molecule has 27 heavy (non-hydrogen) atoms. The number of carbonyl (C=O) groups is 1. The van der Waals surface area contributed by atoms with Crippen LogP contribution in [0.3, 0.4) is 0 Å². The molecule has 2 unspecified atom stereocenters. The molecular weight excluding hydrogens is 356 g/mol. The molecule has 2 heterocycles. The number of benzene rings is 1. The van der Waals surface area contributed by atoms with Gasteiger partial charge < -0.3 is 28.1 Å². The highest BCUT2D eigenvalue weighted by Gasteiger charge is 2.44. The third kappa shape index (κ3) is 3.07. The van der Waals surface area contributed by atoms with Gasteiger partial charge in [0.2, 0.25) is 11.9 Å². The minimum Gasteiger partial charge on any atom is -0.493 e. The number of rotatable bonds is 5. The van der Waals surface area contributed by atoms with Crippen LogP contribution in [0, 0.1) is 6.92 Å². The van der Waals surface area contributed by atoms with E-state index in [0.717, 1.165) is 0 Å². The van der Waals surface area contributed by atoms with Crippen molar-refractivity contribution in [1.82, 2.24) is 0 Å². The number of ether oxygens (including phenoxy) is 5. The highest BCUT2D eigenvalue weighted by Crippen LogP contribution is 2.46. The number of fused-ring (bicyclic) bond motifs is 1. The molecule has 1 aliphatic heterocycles. The van der Waals surface area contributed by atoms with Crippen LogP contribution in [0.4, 0.5) is 0 Å². The quantitative estimate of drug-likeness (QED) is 0.732. The summed E-state index contributed by atoms with van der Waals surface area (Å²) in [4.78, 5) is 24.8. The van der Waals surface area contributed by atoms with Crippen LogP contribution in [0.1, 0.15) is 22.8 Å². The summed E-state index contributed by atoms with van der Waals surface area (Å²) in [6.45, 7) is 1.63. The van der Waals surface area contributed by atoms with Crippen molar-refractivity contribution in [3.05, 3.63) is 45.5 Å². The first-order valence-corrected chi connectivity index (χ1v) is 8.14. The van der Waals surface area contributed by atoms with E-state index in [9.17, 15) is 9.59 Å². The highest BCUT2D eigenvalue weighted by molar-refractivity contribution is 5.79. The number of methoxy groups -OCH3 is 4. The van der Waals surface area contributed by atoms with E-state index in [1.807, 2.05) is 0 Å². The van der Waals surface area contributed by atoms with Crippen LogP contribution in [0.5, 0.6) is 23.0 Å². The predicted molar refractivity (Wildman–Crippen MR) is 94.1 cm³/mol. The fourth-order valence-corrected chi connectivity index (χ4v) is 3.25. The van der Waals surface area contributed by atoms with Crippen molar-refractivity contribution in [2.45, 2.75) is 18.9 Å². The van der Waals surface area contributed by atoms with Crippen LogP contribution in [-0.4, -0.2) is 40.5 Å². The summed E-state index contributed by atoms with van der Waals surface area (Å²) < 4.78 is 31.9. The molecular formula is C19H20O8. The zero-order valence-electron chi connectivity index (χ0n) is 15.7. The van der Waals surface area contributed by atoms with Gasteiger partial charge in [0.05, 0.1) is 39.9 Å². The maximum absolute atomic E-state index is 12.5. The predicted octanol–water partition coefficient (Wildman–Crippen LogP) is 2.04. The van der Waals surface area contributed by atoms with E-state index in [2.05, 4.69) is 0 Å². The van der Waals surface area contributed by atoms with Crippen LogP contribution < -0.4 is 24.6 Å². The van der Waals surface area contributed by atoms with Gasteiger partial charge in [-0.25, -0.2) is 9.59 Å². The second-order valence-corrected chi connectivity index (χ2v) is 5.92. The molecule has 8 nitrogen and oxygen atoms in total. The maximum atomic E-state index is 12.5. The minimum absolute atomic E-state index is 0.241. The first kappa shape index (κ1) is 18.6. The Morgan fingerprint density at radius 3 is 2.15 bits per heavy atom. The third-order valence-corrected chi connectivity index (χ3v) is 4.42. The van der Waals surface area contributed by atoms with Gasteiger partial charge in [0.25, 0.3) is 0 Å². The molecule has 8 heteroatoms. The van der Waals surface area contributed by atoms with E-state index < -0.39 is 23.6 Å². The summed E-state index contributed by atoms with van der Waals surface area (Å²) in [7, 11) is 5.71. The molecule has 1 aromatic carbocycles. The van der Waals surface area contributed by atoms with Gasteiger partial charge in [0.1, 0.15) is 11.5 Å². The number of esters is 1. The third-order valence-electron chi connectivity index (χ3n) is 4.42. The molecule has 2 aromatic rings. The topological polar surface area (TPSA) is 93.4 Å². The lowest BCUT2D eigenvalue weighted by atomic mass is 9.88. The Morgan fingerprint density at radius 2 is 1.63 bits per heavy atom. The molecule has 1 aliphatic rings. The molecule has 0 N–H and O–H groups in total. The van der Waals surface area contributed by atoms with Crippen LogP contribution in [0.15, 0.2) is 27.4 Å². The Labute approximate surface area is 155 Å². The van der Waals surface area contributed by atoms with Gasteiger partial charge in [-0.05, 0) is 24.6 Å². The molecule has 2 atom stereocenters. The van der Waals surface area contributed by atoms with E-state index in [4.69, 9.17) is 28.1 Å². The van der Waals surface area contributed by atoms with Crippen molar-refractivity contribution in [3.63, 3.8) is 0 Å². The van der Waals surface area contributed by atoms with Gasteiger partial charge in [0.15, 0.2) is 11.5 Å². The molecule has 0 amide bonds. The van der Waals surface area contributed by atoms with Crippen LogP contribution in [0.2, 0.25) is 0 Å². The zero-order valence-corrected chi connectivity index (χ0v) is 15.7. The molecule has 3 rings (SSSR count). The summed E-state index contributed by atoms with van der Waals surface area (Å²) in [5.41, 5.74) is 0.232. The fourth-order valence-electron chi connectivity index (χ4n) is 3.25. The molecule has 1 aromatic heterocycles. The summed E-state index contributed by atoms with van der Waals surface area (Å²) >= 11 is 0. The largest absolute Gasteiger partial charge is 0.493 e. The summed E-state index contributed by atoms with van der Waals surface area (Å²) in [5.74, 6) is 0.486. The van der Waals surface area contributed by atoms with Crippen molar-refractivity contribution in [3.8, 4) is 23.0 Å². The van der Waals surface area contributed by atoms with Crippen LogP contribution in [0.25, 0.3) is 0 Å². The van der Waals surface area contributed by atoms with Crippen molar-refractivity contribution >= 4 is 5.97 Å². The van der Waals surface area contributed by atoms with Crippen molar-refractivity contribution in [2.75, 3.05) is 28.4 Å². The van der Waals surface area contributed by atoms with Gasteiger partial charge in [-0.15, -0.1) is 0 Å². The molecule has 0 fully saturated rings. The summed E-state index contributed by atoms with van der Waals surface area (Å²) in [6, 6.07) is 4.91. The molecule has 0 spiro atoms. The van der Waals surface area contributed by atoms with Gasteiger partial charge in [-0.1, -0.05) is 0 Å². The van der Waals surface area contributed by atoms with Crippen molar-refractivity contribution in [1.29, 1.82) is 0 Å². The van der Waals surface area contributed by atoms with E-state index >= 15 is 0 Å². The van der Waals surface area contributed by atoms with E-state index in [0.29, 0.717) is 28.6 Å². The first-order valence-electron chi connectivity index (χ1n) is 8.14. The van der Waals surface area contributed by atoms with Gasteiger partial charge >= 0.3 is 11.6 Å². The average molecular weight is 376 g/mol. The Hall–Kier alpha value is -3.16. The molecule has 0 saturated heterocycles. The van der Waals surface area contributed by atoms with Gasteiger partial charge in [-0.3, -0.25) is 0 Å². The molecule has 0 radical (unpaired) electrons.